The number of benzene rings is 2. The summed E-state index contributed by atoms with van der Waals surface area (Å²) >= 11 is 11.6. The Hall–Kier alpha value is -2.73. The number of carbonyl (C=O) groups is 2. The molecule has 3 N–H and O–H groups in total. The van der Waals surface area contributed by atoms with Crippen molar-refractivity contribution in [2.24, 2.45) is 5.14 Å². The lowest BCUT2D eigenvalue weighted by Crippen LogP contribution is -2.30. The van der Waals surface area contributed by atoms with E-state index < -0.39 is 37.8 Å². The largest absolute Gasteiger partial charge is 0.449 e. The van der Waals surface area contributed by atoms with Crippen LogP contribution in [0.5, 0.6) is 0 Å². The molecule has 0 radical (unpaired) electrons. The molecular weight excluding hydrogens is 449 g/mol. The highest BCUT2D eigenvalue weighted by Crippen LogP contribution is 2.27. The van der Waals surface area contributed by atoms with Gasteiger partial charge in [0.1, 0.15) is 4.90 Å². The molecule has 0 aliphatic carbocycles. The van der Waals surface area contributed by atoms with Gasteiger partial charge < -0.3 is 10.1 Å². The first kappa shape index (κ1) is 22.6. The molecule has 2 aromatic rings. The molecule has 0 bridgehead atoms. The predicted octanol–water partition coefficient (Wildman–Crippen LogP) is 2.73. The Labute approximate surface area is 174 Å². The average molecular weight is 462 g/mol. The number of nitro groups is 1. The van der Waals surface area contributed by atoms with Crippen molar-refractivity contribution < 1.29 is 27.7 Å². The minimum absolute atomic E-state index is 0.0398. The van der Waals surface area contributed by atoms with Crippen LogP contribution < -0.4 is 10.5 Å². The van der Waals surface area contributed by atoms with Gasteiger partial charge in [-0.15, -0.1) is 0 Å². The Morgan fingerprint density at radius 2 is 1.79 bits per heavy atom. The van der Waals surface area contributed by atoms with Crippen molar-refractivity contribution in [3.63, 3.8) is 0 Å². The van der Waals surface area contributed by atoms with Crippen LogP contribution in [0, 0.1) is 10.1 Å². The topological polar surface area (TPSA) is 159 Å². The molecule has 1 amide bonds. The predicted molar refractivity (Wildman–Crippen MR) is 104 cm³/mol. The minimum Gasteiger partial charge on any atom is -0.449 e. The van der Waals surface area contributed by atoms with Crippen molar-refractivity contribution in [3.8, 4) is 0 Å². The van der Waals surface area contributed by atoms with Gasteiger partial charge in [-0.3, -0.25) is 14.9 Å². The number of amides is 1. The number of nitro benzene ring substituents is 1. The van der Waals surface area contributed by atoms with E-state index in [4.69, 9.17) is 33.1 Å². The van der Waals surface area contributed by atoms with Gasteiger partial charge in [0, 0.05) is 12.1 Å². The summed E-state index contributed by atoms with van der Waals surface area (Å²) in [4.78, 5) is 34.1. The van der Waals surface area contributed by atoms with Gasteiger partial charge in [0.25, 0.3) is 11.6 Å². The van der Waals surface area contributed by atoms with E-state index >= 15 is 0 Å². The van der Waals surface area contributed by atoms with Crippen LogP contribution in [-0.2, 0) is 19.6 Å². The number of carbonyl (C=O) groups excluding carboxylic acids is 2. The summed E-state index contributed by atoms with van der Waals surface area (Å²) in [7, 11) is -4.18. The van der Waals surface area contributed by atoms with Crippen molar-refractivity contribution >= 4 is 56.5 Å². The number of non-ortho nitro benzene ring substituents is 1. The molecule has 0 spiro atoms. The summed E-state index contributed by atoms with van der Waals surface area (Å²) in [5.74, 6) is -1.83. The van der Waals surface area contributed by atoms with E-state index in [0.717, 1.165) is 24.3 Å². The minimum atomic E-state index is -4.18. The first-order valence-electron chi connectivity index (χ1n) is 7.68. The van der Waals surface area contributed by atoms with E-state index in [9.17, 15) is 28.1 Å². The number of ether oxygens (including phenoxy) is 1. The van der Waals surface area contributed by atoms with Crippen molar-refractivity contribution in [2.75, 3.05) is 5.32 Å². The summed E-state index contributed by atoms with van der Waals surface area (Å²) in [5.41, 5.74) is -0.547. The number of primary sulfonamides is 1. The molecule has 154 valence electrons. The number of hydrogen-bond donors (Lipinski definition) is 2. The number of sulfonamides is 1. The molecule has 0 unspecified atom stereocenters. The summed E-state index contributed by atoms with van der Waals surface area (Å²) in [5, 5.41) is 18.0. The molecule has 2 rings (SSSR count). The lowest BCUT2D eigenvalue weighted by Gasteiger charge is -2.14. The van der Waals surface area contributed by atoms with Crippen LogP contribution in [0.4, 0.5) is 11.4 Å². The zero-order valence-corrected chi connectivity index (χ0v) is 16.9. The van der Waals surface area contributed by atoms with Crippen LogP contribution in [0.2, 0.25) is 10.0 Å². The summed E-state index contributed by atoms with van der Waals surface area (Å²) < 4.78 is 28.0. The first-order chi connectivity index (χ1) is 13.4. The van der Waals surface area contributed by atoms with Gasteiger partial charge >= 0.3 is 5.97 Å². The van der Waals surface area contributed by atoms with Crippen LogP contribution in [0.25, 0.3) is 0 Å². The molecule has 10 nitrogen and oxygen atoms in total. The highest BCUT2D eigenvalue weighted by atomic mass is 35.5. The number of hydrogen-bond acceptors (Lipinski definition) is 7. The first-order valence-corrected chi connectivity index (χ1v) is 9.98. The summed E-state index contributed by atoms with van der Waals surface area (Å²) in [6.07, 6.45) is -1.34. The van der Waals surface area contributed by atoms with Crippen molar-refractivity contribution in [3.05, 3.63) is 62.1 Å². The number of nitrogens with one attached hydrogen (secondary N) is 1. The van der Waals surface area contributed by atoms with Crippen LogP contribution in [0.1, 0.15) is 17.3 Å². The number of halogens is 2. The van der Waals surface area contributed by atoms with Crippen molar-refractivity contribution in [1.29, 1.82) is 0 Å². The number of nitrogens with two attached hydrogens (primary N) is 1. The second-order valence-corrected chi connectivity index (χ2v) is 7.99. The maximum Gasteiger partial charge on any atom is 0.338 e. The fraction of sp³-hybridized carbons (Fsp3) is 0.125. The monoisotopic (exact) mass is 461 g/mol. The van der Waals surface area contributed by atoms with E-state index in [1.54, 1.807) is 0 Å². The molecule has 0 aliphatic heterocycles. The second kappa shape index (κ2) is 8.74. The molecule has 0 saturated heterocycles. The highest BCUT2D eigenvalue weighted by molar-refractivity contribution is 7.89. The van der Waals surface area contributed by atoms with Gasteiger partial charge in [-0.2, -0.15) is 0 Å². The second-order valence-electron chi connectivity index (χ2n) is 5.65. The maximum absolute atomic E-state index is 12.2. The molecule has 0 aromatic heterocycles. The average Bonchev–Trinajstić information content (AvgIpc) is 2.62. The third kappa shape index (κ3) is 5.64. The smallest absolute Gasteiger partial charge is 0.338 e. The van der Waals surface area contributed by atoms with Gasteiger partial charge in [-0.25, -0.2) is 18.4 Å². The lowest BCUT2D eigenvalue weighted by atomic mass is 10.2. The van der Waals surface area contributed by atoms with E-state index in [0.29, 0.717) is 0 Å². The molecule has 2 aromatic carbocycles. The Bertz CT molecular complexity index is 1110. The Balaban J connectivity index is 2.15. The Morgan fingerprint density at radius 1 is 1.17 bits per heavy atom. The molecule has 0 heterocycles. The zero-order valence-electron chi connectivity index (χ0n) is 14.6. The van der Waals surface area contributed by atoms with Crippen LogP contribution >= 0.6 is 23.2 Å². The van der Waals surface area contributed by atoms with E-state index in [-0.39, 0.29) is 27.0 Å². The highest BCUT2D eigenvalue weighted by Gasteiger charge is 2.23. The van der Waals surface area contributed by atoms with Gasteiger partial charge in [-0.1, -0.05) is 23.2 Å². The fourth-order valence-electron chi connectivity index (χ4n) is 2.09. The van der Waals surface area contributed by atoms with Crippen LogP contribution in [0.3, 0.4) is 0 Å². The van der Waals surface area contributed by atoms with Gasteiger partial charge in [0.05, 0.1) is 26.2 Å². The van der Waals surface area contributed by atoms with E-state index in [1.165, 1.54) is 19.1 Å². The van der Waals surface area contributed by atoms with E-state index in [2.05, 4.69) is 5.32 Å². The van der Waals surface area contributed by atoms with Gasteiger partial charge in [0.2, 0.25) is 10.0 Å². The molecule has 29 heavy (non-hydrogen) atoms. The van der Waals surface area contributed by atoms with Crippen molar-refractivity contribution in [2.45, 2.75) is 17.9 Å². The zero-order chi connectivity index (χ0) is 21.9. The van der Waals surface area contributed by atoms with E-state index in [1.807, 2.05) is 0 Å². The number of anilines is 1. The molecular formula is C16H13Cl2N3O7S. The fourth-order valence-corrected chi connectivity index (χ4v) is 3.32. The molecule has 0 aliphatic rings. The quantitative estimate of drug-likeness (QED) is 0.379. The Morgan fingerprint density at radius 3 is 2.38 bits per heavy atom. The molecule has 1 atom stereocenters. The van der Waals surface area contributed by atoms with Gasteiger partial charge in [0.15, 0.2) is 6.10 Å². The number of rotatable bonds is 6. The summed E-state index contributed by atoms with van der Waals surface area (Å²) in [6.45, 7) is 1.25. The molecule has 0 fully saturated rings. The molecule has 0 saturated carbocycles. The molecule has 13 heteroatoms. The van der Waals surface area contributed by atoms with Crippen LogP contribution in [0.15, 0.2) is 41.3 Å². The van der Waals surface area contributed by atoms with Gasteiger partial charge in [-0.05, 0) is 31.2 Å². The normalized spacial score (nSPS) is 12.1. The summed E-state index contributed by atoms with van der Waals surface area (Å²) in [6, 6.07) is 6.70. The number of nitrogens with zero attached hydrogens (tertiary/aromatic N) is 1. The number of esters is 1. The maximum atomic E-state index is 12.2. The lowest BCUT2D eigenvalue weighted by molar-refractivity contribution is -0.384. The van der Waals surface area contributed by atoms with Crippen molar-refractivity contribution in [1.82, 2.24) is 0 Å². The standard InChI is InChI=1S/C16H13Cl2N3O7S/c1-8(15(22)20-13-7-10(21(24)25)3-5-11(13)17)28-16(23)9-2-4-12(18)14(6-9)29(19,26)27/h2-8H,1H3,(H,20,22)(H2,19,26,27)/t8-/m1/s1. The third-order valence-electron chi connectivity index (χ3n) is 3.55. The SMILES string of the molecule is C[C@@H](OC(=O)c1ccc(Cl)c(S(N)(=O)=O)c1)C(=O)Nc1cc([N+](=O)[O-])ccc1Cl. The Kier molecular flexibility index (Phi) is 6.80. The third-order valence-corrected chi connectivity index (χ3v) is 5.27. The van der Waals surface area contributed by atoms with Crippen LogP contribution in [-0.4, -0.2) is 31.3 Å².